The van der Waals surface area contributed by atoms with Crippen LogP contribution in [0.2, 0.25) is 0 Å². The summed E-state index contributed by atoms with van der Waals surface area (Å²) in [5.41, 5.74) is 0.231. The summed E-state index contributed by atoms with van der Waals surface area (Å²) in [6, 6.07) is 0.626. The summed E-state index contributed by atoms with van der Waals surface area (Å²) in [5, 5.41) is 3.79. The van der Waals surface area contributed by atoms with E-state index in [1.54, 1.807) is 6.92 Å². The molecule has 5 heteroatoms. The van der Waals surface area contributed by atoms with Gasteiger partial charge < -0.3 is 5.32 Å². The lowest BCUT2D eigenvalue weighted by Crippen LogP contribution is -2.64. The zero-order valence-electron chi connectivity index (χ0n) is 13.9. The maximum atomic E-state index is 11.7. The second kappa shape index (κ2) is 6.97. The lowest BCUT2D eigenvalue weighted by molar-refractivity contribution is 0.0623. The van der Waals surface area contributed by atoms with Crippen LogP contribution in [0.3, 0.4) is 0 Å². The minimum atomic E-state index is -2.82. The third-order valence-electron chi connectivity index (χ3n) is 5.52. The molecule has 2 aliphatic rings. The Balaban J connectivity index is 1.94. The van der Waals surface area contributed by atoms with E-state index in [4.69, 9.17) is 0 Å². The fraction of sp³-hybridized carbons (Fsp3) is 1.00. The first-order chi connectivity index (χ1) is 9.95. The molecule has 0 aromatic rings. The second-order valence-corrected chi connectivity index (χ2v) is 9.31. The molecular weight excluding hydrogens is 284 g/mol. The van der Waals surface area contributed by atoms with E-state index in [2.05, 4.69) is 24.1 Å². The monoisotopic (exact) mass is 316 g/mol. The SMILES string of the molecule is CCC1(CC)CN(CCCS(=O)(=O)CC)C(C2CC2)CN1. The maximum Gasteiger partial charge on any atom is 0.150 e. The van der Waals surface area contributed by atoms with Gasteiger partial charge in [0.2, 0.25) is 0 Å². The lowest BCUT2D eigenvalue weighted by atomic mass is 9.87. The fourth-order valence-electron chi connectivity index (χ4n) is 3.56. The van der Waals surface area contributed by atoms with Gasteiger partial charge in [-0.3, -0.25) is 4.90 Å². The summed E-state index contributed by atoms with van der Waals surface area (Å²) in [4.78, 5) is 2.59. The summed E-state index contributed by atoms with van der Waals surface area (Å²) < 4.78 is 23.4. The van der Waals surface area contributed by atoms with E-state index in [9.17, 15) is 8.42 Å². The first-order valence-corrected chi connectivity index (χ1v) is 10.5. The van der Waals surface area contributed by atoms with Gasteiger partial charge in [-0.25, -0.2) is 8.42 Å². The third-order valence-corrected chi connectivity index (χ3v) is 7.31. The molecule has 0 radical (unpaired) electrons. The van der Waals surface area contributed by atoms with Crippen LogP contribution < -0.4 is 5.32 Å². The maximum absolute atomic E-state index is 11.7. The summed E-state index contributed by atoms with van der Waals surface area (Å²) in [7, 11) is -2.82. The molecule has 0 aromatic heterocycles. The number of hydrogen-bond donors (Lipinski definition) is 1. The van der Waals surface area contributed by atoms with Gasteiger partial charge in [0.15, 0.2) is 0 Å². The highest BCUT2D eigenvalue weighted by Crippen LogP contribution is 2.38. The molecule has 0 spiro atoms. The van der Waals surface area contributed by atoms with Crippen LogP contribution in [0, 0.1) is 5.92 Å². The summed E-state index contributed by atoms with van der Waals surface area (Å²) in [5.74, 6) is 1.46. The molecule has 1 unspecified atom stereocenters. The quantitative estimate of drug-likeness (QED) is 0.744. The van der Waals surface area contributed by atoms with E-state index in [-0.39, 0.29) is 11.3 Å². The molecule has 1 heterocycles. The van der Waals surface area contributed by atoms with Crippen molar-refractivity contribution in [3.8, 4) is 0 Å². The minimum absolute atomic E-state index is 0.231. The molecule has 0 amide bonds. The number of piperazine rings is 1. The Morgan fingerprint density at radius 2 is 1.86 bits per heavy atom. The van der Waals surface area contributed by atoms with Gasteiger partial charge in [-0.1, -0.05) is 20.8 Å². The molecule has 1 saturated carbocycles. The molecule has 2 fully saturated rings. The average Bonchev–Trinajstić information content (AvgIpc) is 3.31. The van der Waals surface area contributed by atoms with Crippen molar-refractivity contribution < 1.29 is 8.42 Å². The van der Waals surface area contributed by atoms with E-state index in [1.807, 2.05) is 0 Å². The van der Waals surface area contributed by atoms with Gasteiger partial charge >= 0.3 is 0 Å². The molecule has 124 valence electrons. The molecule has 0 bridgehead atoms. The van der Waals surface area contributed by atoms with Crippen LogP contribution in [-0.2, 0) is 9.84 Å². The van der Waals surface area contributed by atoms with Gasteiger partial charge in [0, 0.05) is 30.4 Å². The predicted molar refractivity (Wildman–Crippen MR) is 88.3 cm³/mol. The Hall–Kier alpha value is -0.130. The molecule has 4 nitrogen and oxygen atoms in total. The van der Waals surface area contributed by atoms with Crippen molar-refractivity contribution in [1.82, 2.24) is 10.2 Å². The molecule has 1 atom stereocenters. The molecule has 1 N–H and O–H groups in total. The highest BCUT2D eigenvalue weighted by Gasteiger charge is 2.42. The van der Waals surface area contributed by atoms with Crippen LogP contribution in [0.15, 0.2) is 0 Å². The van der Waals surface area contributed by atoms with Crippen LogP contribution in [0.4, 0.5) is 0 Å². The number of nitrogens with zero attached hydrogens (tertiary/aromatic N) is 1. The molecule has 1 aliphatic heterocycles. The topological polar surface area (TPSA) is 49.4 Å². The molecule has 0 aromatic carbocycles. The summed E-state index contributed by atoms with van der Waals surface area (Å²) in [6.07, 6.45) is 5.76. The standard InChI is InChI=1S/C16H32N2O2S/c1-4-16(5-2)13-18(10-7-11-21(19,20)6-3)15(12-17-16)14-8-9-14/h14-15,17H,4-13H2,1-3H3. The van der Waals surface area contributed by atoms with E-state index < -0.39 is 9.84 Å². The molecular formula is C16H32N2O2S. The van der Waals surface area contributed by atoms with Crippen molar-refractivity contribution in [3.05, 3.63) is 0 Å². The number of hydrogen-bond acceptors (Lipinski definition) is 4. The summed E-state index contributed by atoms with van der Waals surface area (Å²) >= 11 is 0. The molecule has 2 rings (SSSR count). The van der Waals surface area contributed by atoms with Crippen molar-refractivity contribution in [1.29, 1.82) is 0 Å². The van der Waals surface area contributed by atoms with Crippen LogP contribution in [0.5, 0.6) is 0 Å². The Kier molecular flexibility index (Phi) is 5.71. The van der Waals surface area contributed by atoms with Crippen LogP contribution in [-0.4, -0.2) is 56.0 Å². The Labute approximate surface area is 130 Å². The second-order valence-electron chi connectivity index (χ2n) is 6.83. The lowest BCUT2D eigenvalue weighted by Gasteiger charge is -2.48. The largest absolute Gasteiger partial charge is 0.308 e. The fourth-order valence-corrected chi connectivity index (χ4v) is 4.42. The van der Waals surface area contributed by atoms with E-state index >= 15 is 0 Å². The normalized spacial score (nSPS) is 26.9. The van der Waals surface area contributed by atoms with Crippen molar-refractivity contribution in [2.24, 2.45) is 5.92 Å². The Bertz CT molecular complexity index is 428. The third kappa shape index (κ3) is 4.42. The van der Waals surface area contributed by atoms with Gasteiger partial charge in [0.25, 0.3) is 0 Å². The van der Waals surface area contributed by atoms with E-state index in [0.717, 1.165) is 44.8 Å². The van der Waals surface area contributed by atoms with Gasteiger partial charge in [-0.05, 0) is 44.6 Å². The predicted octanol–water partition coefficient (Wildman–Crippen LogP) is 2.05. The highest BCUT2D eigenvalue weighted by molar-refractivity contribution is 7.91. The van der Waals surface area contributed by atoms with Crippen LogP contribution >= 0.6 is 0 Å². The molecule has 21 heavy (non-hydrogen) atoms. The molecule has 1 saturated heterocycles. The number of nitrogens with one attached hydrogen (secondary N) is 1. The summed E-state index contributed by atoms with van der Waals surface area (Å²) in [6.45, 7) is 9.34. The first kappa shape index (κ1) is 17.2. The minimum Gasteiger partial charge on any atom is -0.308 e. The van der Waals surface area contributed by atoms with Crippen molar-refractivity contribution in [2.75, 3.05) is 31.1 Å². The number of sulfone groups is 1. The molecule has 1 aliphatic carbocycles. The van der Waals surface area contributed by atoms with Crippen molar-refractivity contribution >= 4 is 9.84 Å². The Morgan fingerprint density at radius 3 is 2.38 bits per heavy atom. The smallest absolute Gasteiger partial charge is 0.150 e. The Morgan fingerprint density at radius 1 is 1.19 bits per heavy atom. The van der Waals surface area contributed by atoms with Gasteiger partial charge in [-0.2, -0.15) is 0 Å². The van der Waals surface area contributed by atoms with Gasteiger partial charge in [0.1, 0.15) is 9.84 Å². The highest BCUT2D eigenvalue weighted by atomic mass is 32.2. The first-order valence-electron chi connectivity index (χ1n) is 8.64. The average molecular weight is 317 g/mol. The zero-order chi connectivity index (χ0) is 15.5. The van der Waals surface area contributed by atoms with Crippen molar-refractivity contribution in [2.45, 2.75) is 64.5 Å². The van der Waals surface area contributed by atoms with Crippen LogP contribution in [0.1, 0.15) is 52.9 Å². The van der Waals surface area contributed by atoms with Crippen molar-refractivity contribution in [3.63, 3.8) is 0 Å². The van der Waals surface area contributed by atoms with E-state index in [0.29, 0.717) is 11.8 Å². The van der Waals surface area contributed by atoms with Crippen LogP contribution in [0.25, 0.3) is 0 Å². The van der Waals surface area contributed by atoms with Gasteiger partial charge in [0.05, 0.1) is 5.75 Å². The van der Waals surface area contributed by atoms with E-state index in [1.165, 1.54) is 12.8 Å². The zero-order valence-corrected chi connectivity index (χ0v) is 14.7. The number of rotatable bonds is 8. The van der Waals surface area contributed by atoms with Gasteiger partial charge in [-0.15, -0.1) is 0 Å².